The normalized spacial score (nSPS) is 10.9. The van der Waals surface area contributed by atoms with Gasteiger partial charge in [-0.2, -0.15) is 0 Å². The second-order valence-corrected chi connectivity index (χ2v) is 3.67. The molecule has 0 aromatic heterocycles. The molecule has 0 saturated carbocycles. The Kier molecular flexibility index (Phi) is 5.15. The molecule has 0 aromatic carbocycles. The smallest absolute Gasteiger partial charge is 0.246 e. The van der Waals surface area contributed by atoms with E-state index in [2.05, 4.69) is 15.4 Å². The van der Waals surface area contributed by atoms with Crippen LogP contribution in [0.4, 0.5) is 0 Å². The van der Waals surface area contributed by atoms with Gasteiger partial charge >= 0.3 is 0 Å². The Balaban J connectivity index is 3.98. The van der Waals surface area contributed by atoms with E-state index in [-0.39, 0.29) is 18.4 Å². The highest BCUT2D eigenvalue weighted by molar-refractivity contribution is 5.83. The Bertz CT molecular complexity index is 214. The fraction of sp³-hybridized carbons (Fsp3) is 0.778. The predicted molar refractivity (Wildman–Crippen MR) is 52.7 cm³/mol. The van der Waals surface area contributed by atoms with Crippen LogP contribution in [-0.2, 0) is 14.3 Å². The molecule has 0 bridgehead atoms. The molecule has 0 saturated heterocycles. The van der Waals surface area contributed by atoms with Crippen LogP contribution in [0.1, 0.15) is 13.8 Å². The van der Waals surface area contributed by atoms with E-state index in [1.165, 1.54) is 7.11 Å². The van der Waals surface area contributed by atoms with Gasteiger partial charge in [0.2, 0.25) is 11.8 Å². The van der Waals surface area contributed by atoms with Gasteiger partial charge < -0.3 is 15.4 Å². The first-order chi connectivity index (χ1) is 6.44. The van der Waals surface area contributed by atoms with Gasteiger partial charge in [-0.05, 0) is 13.8 Å². The van der Waals surface area contributed by atoms with Gasteiger partial charge in [0, 0.05) is 20.7 Å². The van der Waals surface area contributed by atoms with Crippen molar-refractivity contribution in [1.29, 1.82) is 0 Å². The van der Waals surface area contributed by atoms with Gasteiger partial charge in [0.1, 0.15) is 6.61 Å². The van der Waals surface area contributed by atoms with E-state index < -0.39 is 5.41 Å². The Morgan fingerprint density at radius 2 is 1.93 bits per heavy atom. The molecule has 0 aromatic rings. The van der Waals surface area contributed by atoms with Crippen LogP contribution >= 0.6 is 0 Å². The SMILES string of the molecule is CNC(=O)C(C)(C)CNC(=O)COC. The molecule has 0 fully saturated rings. The van der Waals surface area contributed by atoms with E-state index in [1.807, 2.05) is 0 Å². The van der Waals surface area contributed by atoms with E-state index in [1.54, 1.807) is 20.9 Å². The largest absolute Gasteiger partial charge is 0.375 e. The summed E-state index contributed by atoms with van der Waals surface area (Å²) in [5.41, 5.74) is -0.599. The van der Waals surface area contributed by atoms with E-state index in [4.69, 9.17) is 0 Å². The Morgan fingerprint density at radius 3 is 2.36 bits per heavy atom. The molecule has 0 aliphatic rings. The molecule has 14 heavy (non-hydrogen) atoms. The summed E-state index contributed by atoms with van der Waals surface area (Å²) in [5.74, 6) is -0.320. The maximum atomic E-state index is 11.3. The molecule has 0 aliphatic heterocycles. The summed E-state index contributed by atoms with van der Waals surface area (Å²) in [7, 11) is 3.02. The predicted octanol–water partition coefficient (Wildman–Crippen LogP) is -0.479. The zero-order valence-electron chi connectivity index (χ0n) is 9.14. The van der Waals surface area contributed by atoms with Crippen LogP contribution in [0.5, 0.6) is 0 Å². The average molecular weight is 202 g/mol. The first-order valence-electron chi connectivity index (χ1n) is 4.42. The van der Waals surface area contributed by atoms with Gasteiger partial charge in [0.25, 0.3) is 0 Å². The van der Waals surface area contributed by atoms with Crippen molar-refractivity contribution >= 4 is 11.8 Å². The van der Waals surface area contributed by atoms with Crippen LogP contribution in [0, 0.1) is 5.41 Å². The van der Waals surface area contributed by atoms with Crippen LogP contribution in [0.15, 0.2) is 0 Å². The molecule has 0 unspecified atom stereocenters. The quantitative estimate of drug-likeness (QED) is 0.633. The molecule has 0 atom stereocenters. The number of nitrogens with one attached hydrogen (secondary N) is 2. The number of hydrogen-bond acceptors (Lipinski definition) is 3. The third-order valence-corrected chi connectivity index (χ3v) is 1.84. The van der Waals surface area contributed by atoms with E-state index in [9.17, 15) is 9.59 Å². The molecule has 0 spiro atoms. The summed E-state index contributed by atoms with van der Waals surface area (Å²) in [6.45, 7) is 3.84. The number of amides is 2. The highest BCUT2D eigenvalue weighted by Gasteiger charge is 2.26. The van der Waals surface area contributed by atoms with Crippen LogP contribution in [0.2, 0.25) is 0 Å². The zero-order chi connectivity index (χ0) is 11.2. The van der Waals surface area contributed by atoms with E-state index in [0.717, 1.165) is 0 Å². The van der Waals surface area contributed by atoms with Crippen molar-refractivity contribution in [3.05, 3.63) is 0 Å². The molecule has 2 amide bonds. The maximum Gasteiger partial charge on any atom is 0.246 e. The van der Waals surface area contributed by atoms with Crippen molar-refractivity contribution in [2.24, 2.45) is 5.41 Å². The highest BCUT2D eigenvalue weighted by Crippen LogP contribution is 2.12. The fourth-order valence-corrected chi connectivity index (χ4v) is 0.920. The van der Waals surface area contributed by atoms with Crippen LogP contribution in [0.3, 0.4) is 0 Å². The molecule has 0 rings (SSSR count). The first kappa shape index (κ1) is 12.9. The molecule has 0 aliphatic carbocycles. The molecule has 5 heteroatoms. The Morgan fingerprint density at radius 1 is 1.36 bits per heavy atom. The van der Waals surface area contributed by atoms with Gasteiger partial charge in [-0.1, -0.05) is 0 Å². The lowest BCUT2D eigenvalue weighted by Gasteiger charge is -2.22. The average Bonchev–Trinajstić information content (AvgIpc) is 2.14. The summed E-state index contributed by atoms with van der Waals surface area (Å²) in [6.07, 6.45) is 0. The molecule has 2 N–H and O–H groups in total. The molecule has 82 valence electrons. The third kappa shape index (κ3) is 4.23. The summed E-state index contributed by atoms with van der Waals surface area (Å²) in [6, 6.07) is 0. The van der Waals surface area contributed by atoms with Gasteiger partial charge in [0.15, 0.2) is 0 Å². The van der Waals surface area contributed by atoms with Gasteiger partial charge in [0.05, 0.1) is 5.41 Å². The Labute approximate surface area is 84.2 Å². The number of ether oxygens (including phenoxy) is 1. The van der Waals surface area contributed by atoms with E-state index in [0.29, 0.717) is 6.54 Å². The van der Waals surface area contributed by atoms with Gasteiger partial charge in [-0.3, -0.25) is 9.59 Å². The second kappa shape index (κ2) is 5.59. The van der Waals surface area contributed by atoms with E-state index >= 15 is 0 Å². The van der Waals surface area contributed by atoms with Crippen molar-refractivity contribution in [2.45, 2.75) is 13.8 Å². The van der Waals surface area contributed by atoms with Gasteiger partial charge in [-0.15, -0.1) is 0 Å². The van der Waals surface area contributed by atoms with Crippen LogP contribution in [0.25, 0.3) is 0 Å². The standard InChI is InChI=1S/C9H18N2O3/c1-9(2,8(13)10-3)6-11-7(12)5-14-4/h5-6H2,1-4H3,(H,10,13)(H,11,12). The molecule has 0 heterocycles. The summed E-state index contributed by atoms with van der Waals surface area (Å²) in [4.78, 5) is 22.3. The van der Waals surface area contributed by atoms with Crippen LogP contribution < -0.4 is 10.6 Å². The van der Waals surface area contributed by atoms with Gasteiger partial charge in [-0.25, -0.2) is 0 Å². The van der Waals surface area contributed by atoms with Crippen molar-refractivity contribution in [1.82, 2.24) is 10.6 Å². The number of carbonyl (C=O) groups excluding carboxylic acids is 2. The summed E-state index contributed by atoms with van der Waals surface area (Å²) < 4.78 is 4.64. The number of rotatable bonds is 5. The topological polar surface area (TPSA) is 67.4 Å². The minimum Gasteiger partial charge on any atom is -0.375 e. The molecule has 5 nitrogen and oxygen atoms in total. The lowest BCUT2D eigenvalue weighted by molar-refractivity contribution is -0.130. The molecule has 0 radical (unpaired) electrons. The molecular formula is C9H18N2O3. The monoisotopic (exact) mass is 202 g/mol. The number of hydrogen-bond donors (Lipinski definition) is 2. The first-order valence-corrected chi connectivity index (χ1v) is 4.42. The minimum absolute atomic E-state index is 0.0177. The lowest BCUT2D eigenvalue weighted by atomic mass is 9.92. The van der Waals surface area contributed by atoms with Crippen molar-refractivity contribution in [2.75, 3.05) is 27.3 Å². The Hall–Kier alpha value is -1.10. The second-order valence-electron chi connectivity index (χ2n) is 3.67. The third-order valence-electron chi connectivity index (χ3n) is 1.84. The van der Waals surface area contributed by atoms with Crippen LogP contribution in [-0.4, -0.2) is 39.1 Å². The minimum atomic E-state index is -0.599. The summed E-state index contributed by atoms with van der Waals surface area (Å²) in [5, 5.41) is 5.15. The van der Waals surface area contributed by atoms with Crippen molar-refractivity contribution < 1.29 is 14.3 Å². The fourth-order valence-electron chi connectivity index (χ4n) is 0.920. The number of methoxy groups -OCH3 is 1. The highest BCUT2D eigenvalue weighted by atomic mass is 16.5. The zero-order valence-corrected chi connectivity index (χ0v) is 9.14. The van der Waals surface area contributed by atoms with Crippen molar-refractivity contribution in [3.63, 3.8) is 0 Å². The maximum absolute atomic E-state index is 11.3. The number of carbonyl (C=O) groups is 2. The lowest BCUT2D eigenvalue weighted by Crippen LogP contribution is -2.44. The molecular weight excluding hydrogens is 184 g/mol. The summed E-state index contributed by atoms with van der Waals surface area (Å²) >= 11 is 0. The van der Waals surface area contributed by atoms with Crippen molar-refractivity contribution in [3.8, 4) is 0 Å².